The van der Waals surface area contributed by atoms with Crippen LogP contribution in [0.1, 0.15) is 10.4 Å². The molecule has 0 radical (unpaired) electrons. The zero-order valence-corrected chi connectivity index (χ0v) is 9.77. The Labute approximate surface area is 105 Å². The first-order valence-electron chi connectivity index (χ1n) is 5.06. The van der Waals surface area contributed by atoms with Crippen LogP contribution in [-0.2, 0) is 0 Å². The van der Waals surface area contributed by atoms with Crippen LogP contribution in [0.3, 0.4) is 0 Å². The van der Waals surface area contributed by atoms with Gasteiger partial charge in [-0.05, 0) is 29.7 Å². The predicted octanol–water partition coefficient (Wildman–Crippen LogP) is 2.96. The molecule has 0 fully saturated rings. The fourth-order valence-electron chi connectivity index (χ4n) is 1.70. The van der Waals surface area contributed by atoms with Crippen LogP contribution in [0, 0.1) is 0 Å². The SMILES string of the molecule is O=C(O)c1cnoc1-c1cc2ccc(O)cc2s1. The molecule has 0 spiro atoms. The van der Waals surface area contributed by atoms with Crippen LogP contribution in [-0.4, -0.2) is 21.3 Å². The molecule has 0 bridgehead atoms. The highest BCUT2D eigenvalue weighted by Gasteiger charge is 2.18. The zero-order chi connectivity index (χ0) is 12.7. The van der Waals surface area contributed by atoms with Gasteiger partial charge in [0.1, 0.15) is 11.3 Å². The van der Waals surface area contributed by atoms with Gasteiger partial charge in [0.2, 0.25) is 0 Å². The lowest BCUT2D eigenvalue weighted by atomic mass is 10.2. The van der Waals surface area contributed by atoms with Crippen LogP contribution in [0.4, 0.5) is 0 Å². The highest BCUT2D eigenvalue weighted by Crippen LogP contribution is 2.36. The summed E-state index contributed by atoms with van der Waals surface area (Å²) in [6, 6.07) is 6.78. The van der Waals surface area contributed by atoms with Gasteiger partial charge in [-0.25, -0.2) is 4.79 Å². The van der Waals surface area contributed by atoms with Gasteiger partial charge in [0.05, 0.1) is 11.1 Å². The van der Waals surface area contributed by atoms with Crippen LogP contribution in [0.25, 0.3) is 20.7 Å². The number of fused-ring (bicyclic) bond motifs is 1. The maximum Gasteiger partial charge on any atom is 0.341 e. The quantitative estimate of drug-likeness (QED) is 0.741. The first kappa shape index (κ1) is 10.8. The first-order chi connectivity index (χ1) is 8.65. The fraction of sp³-hybridized carbons (Fsp3) is 0. The molecule has 1 aromatic carbocycles. The fourth-order valence-corrected chi connectivity index (χ4v) is 2.79. The molecule has 0 aliphatic heterocycles. The summed E-state index contributed by atoms with van der Waals surface area (Å²) < 4.78 is 5.85. The molecule has 6 heteroatoms. The van der Waals surface area contributed by atoms with E-state index in [1.54, 1.807) is 18.2 Å². The summed E-state index contributed by atoms with van der Waals surface area (Å²) >= 11 is 1.34. The average molecular weight is 261 g/mol. The highest BCUT2D eigenvalue weighted by molar-refractivity contribution is 7.22. The van der Waals surface area contributed by atoms with E-state index in [-0.39, 0.29) is 17.1 Å². The maximum atomic E-state index is 11.0. The van der Waals surface area contributed by atoms with Gasteiger partial charge in [-0.15, -0.1) is 11.3 Å². The van der Waals surface area contributed by atoms with Crippen molar-refractivity contribution in [2.24, 2.45) is 0 Å². The summed E-state index contributed by atoms with van der Waals surface area (Å²) in [5.74, 6) is -0.665. The molecule has 2 N–H and O–H groups in total. The summed E-state index contributed by atoms with van der Waals surface area (Å²) in [7, 11) is 0. The monoisotopic (exact) mass is 261 g/mol. The number of hydrogen-bond acceptors (Lipinski definition) is 5. The van der Waals surface area contributed by atoms with Crippen LogP contribution >= 0.6 is 11.3 Å². The van der Waals surface area contributed by atoms with Crippen LogP contribution < -0.4 is 0 Å². The van der Waals surface area contributed by atoms with Crippen molar-refractivity contribution in [2.75, 3.05) is 0 Å². The van der Waals surface area contributed by atoms with Gasteiger partial charge >= 0.3 is 5.97 Å². The van der Waals surface area contributed by atoms with E-state index in [0.717, 1.165) is 10.1 Å². The standard InChI is InChI=1S/C12H7NO4S/c14-7-2-1-6-3-10(18-9(6)4-7)11-8(12(15)16)5-13-17-11/h1-5,14H,(H,15,16). The third-order valence-corrected chi connectivity index (χ3v) is 3.62. The van der Waals surface area contributed by atoms with E-state index in [0.29, 0.717) is 4.88 Å². The van der Waals surface area contributed by atoms with Crippen molar-refractivity contribution < 1.29 is 19.5 Å². The minimum atomic E-state index is -1.08. The lowest BCUT2D eigenvalue weighted by Crippen LogP contribution is -1.94. The summed E-state index contributed by atoms with van der Waals surface area (Å²) in [5, 5.41) is 22.8. The molecule has 0 aliphatic rings. The Balaban J connectivity index is 2.19. The Hall–Kier alpha value is -2.34. The highest BCUT2D eigenvalue weighted by atomic mass is 32.1. The van der Waals surface area contributed by atoms with Crippen molar-refractivity contribution in [3.8, 4) is 16.4 Å². The number of rotatable bonds is 2. The summed E-state index contributed by atoms with van der Waals surface area (Å²) in [6.45, 7) is 0. The number of nitrogens with zero attached hydrogens (tertiary/aromatic N) is 1. The molecule has 0 aliphatic carbocycles. The molecule has 5 nitrogen and oxygen atoms in total. The van der Waals surface area contributed by atoms with Gasteiger partial charge in [0.15, 0.2) is 5.76 Å². The number of aromatic hydroxyl groups is 1. The second kappa shape index (κ2) is 3.85. The van der Waals surface area contributed by atoms with Crippen molar-refractivity contribution >= 4 is 27.4 Å². The smallest absolute Gasteiger partial charge is 0.341 e. The summed E-state index contributed by atoms with van der Waals surface area (Å²) in [5.41, 5.74) is 0.0331. The molecule has 0 saturated carbocycles. The largest absolute Gasteiger partial charge is 0.508 e. The predicted molar refractivity (Wildman–Crippen MR) is 65.9 cm³/mol. The normalized spacial score (nSPS) is 10.9. The Bertz CT molecular complexity index is 743. The number of carboxylic acid groups (broad SMARTS) is 1. The minimum absolute atomic E-state index is 0.0331. The van der Waals surface area contributed by atoms with E-state index < -0.39 is 5.97 Å². The maximum absolute atomic E-state index is 11.0. The Kier molecular flexibility index (Phi) is 2.31. The molecule has 18 heavy (non-hydrogen) atoms. The van der Waals surface area contributed by atoms with E-state index in [1.807, 2.05) is 6.07 Å². The van der Waals surface area contributed by atoms with Crippen molar-refractivity contribution in [1.82, 2.24) is 5.16 Å². The van der Waals surface area contributed by atoms with Crippen molar-refractivity contribution in [2.45, 2.75) is 0 Å². The number of aromatic nitrogens is 1. The van der Waals surface area contributed by atoms with E-state index in [4.69, 9.17) is 9.63 Å². The number of carbonyl (C=O) groups is 1. The third kappa shape index (κ3) is 1.63. The average Bonchev–Trinajstić information content (AvgIpc) is 2.93. The number of thiophene rings is 1. The van der Waals surface area contributed by atoms with Crippen LogP contribution in [0.2, 0.25) is 0 Å². The van der Waals surface area contributed by atoms with Crippen molar-refractivity contribution in [1.29, 1.82) is 0 Å². The molecule has 0 amide bonds. The molecule has 2 aromatic heterocycles. The van der Waals surface area contributed by atoms with Crippen LogP contribution in [0.5, 0.6) is 5.75 Å². The molecule has 0 unspecified atom stereocenters. The summed E-state index contributed by atoms with van der Waals surface area (Å²) in [4.78, 5) is 11.7. The van der Waals surface area contributed by atoms with E-state index in [2.05, 4.69) is 5.16 Å². The van der Waals surface area contributed by atoms with Crippen molar-refractivity contribution in [3.63, 3.8) is 0 Å². The molecule has 90 valence electrons. The molecule has 2 heterocycles. The minimum Gasteiger partial charge on any atom is -0.508 e. The Morgan fingerprint density at radius 2 is 2.17 bits per heavy atom. The molecular formula is C12H7NO4S. The van der Waals surface area contributed by atoms with Gasteiger partial charge in [0, 0.05) is 4.70 Å². The van der Waals surface area contributed by atoms with Gasteiger partial charge in [-0.1, -0.05) is 5.16 Å². The number of phenols is 1. The molecule has 3 aromatic rings. The first-order valence-corrected chi connectivity index (χ1v) is 5.88. The van der Waals surface area contributed by atoms with Gasteiger partial charge in [-0.3, -0.25) is 0 Å². The van der Waals surface area contributed by atoms with E-state index in [9.17, 15) is 9.90 Å². The molecule has 0 saturated heterocycles. The van der Waals surface area contributed by atoms with Gasteiger partial charge in [-0.2, -0.15) is 0 Å². The number of carboxylic acids is 1. The second-order valence-electron chi connectivity index (χ2n) is 3.71. The lowest BCUT2D eigenvalue weighted by Gasteiger charge is -1.90. The molecule has 3 rings (SSSR count). The number of benzene rings is 1. The summed E-state index contributed by atoms with van der Waals surface area (Å²) in [6.07, 6.45) is 1.18. The Morgan fingerprint density at radius 3 is 2.94 bits per heavy atom. The zero-order valence-electron chi connectivity index (χ0n) is 8.95. The number of aromatic carboxylic acids is 1. The van der Waals surface area contributed by atoms with Gasteiger partial charge in [0.25, 0.3) is 0 Å². The number of phenolic OH excluding ortho intramolecular Hbond substituents is 1. The molecule has 0 atom stereocenters. The molecular weight excluding hydrogens is 254 g/mol. The van der Waals surface area contributed by atoms with Crippen molar-refractivity contribution in [3.05, 3.63) is 36.0 Å². The van der Waals surface area contributed by atoms with E-state index in [1.165, 1.54) is 17.5 Å². The second-order valence-corrected chi connectivity index (χ2v) is 4.79. The topological polar surface area (TPSA) is 83.6 Å². The van der Waals surface area contributed by atoms with Crippen LogP contribution in [0.15, 0.2) is 35.0 Å². The third-order valence-electron chi connectivity index (χ3n) is 2.53. The van der Waals surface area contributed by atoms with Gasteiger partial charge < -0.3 is 14.7 Å². The lowest BCUT2D eigenvalue weighted by molar-refractivity contribution is 0.0697. The number of hydrogen-bond donors (Lipinski definition) is 2. The Morgan fingerprint density at radius 1 is 1.33 bits per heavy atom. The van der Waals surface area contributed by atoms with E-state index >= 15 is 0 Å².